The molecule has 0 bridgehead atoms. The average Bonchev–Trinajstić information content (AvgIpc) is 2.13. The molecule has 16 heavy (non-hydrogen) atoms. The zero-order chi connectivity index (χ0) is 12.9. The summed E-state index contributed by atoms with van der Waals surface area (Å²) in [4.78, 5) is 33.1. The fourth-order valence-corrected chi connectivity index (χ4v) is 0.667. The highest BCUT2D eigenvalue weighted by Crippen LogP contribution is 2.07. The van der Waals surface area contributed by atoms with E-state index < -0.39 is 23.6 Å². The van der Waals surface area contributed by atoms with Crippen LogP contribution in [-0.2, 0) is 19.1 Å². The SMILES string of the molecule is COC(=O)C(=O)NN(C)C(=O)OC(C)(C)C. The minimum atomic E-state index is -1.09. The molecule has 0 aromatic rings. The largest absolute Gasteiger partial charge is 0.462 e. The molecule has 7 heteroatoms. The summed E-state index contributed by atoms with van der Waals surface area (Å²) < 4.78 is 9.10. The minimum Gasteiger partial charge on any atom is -0.462 e. The maximum atomic E-state index is 11.3. The second-order valence-corrected chi connectivity index (χ2v) is 3.97. The number of nitrogens with zero attached hydrogens (tertiary/aromatic N) is 1. The summed E-state index contributed by atoms with van der Waals surface area (Å²) >= 11 is 0. The molecule has 0 atom stereocenters. The van der Waals surface area contributed by atoms with Gasteiger partial charge in [0.05, 0.1) is 7.11 Å². The van der Waals surface area contributed by atoms with Gasteiger partial charge in [0.2, 0.25) is 0 Å². The molecule has 0 heterocycles. The van der Waals surface area contributed by atoms with E-state index in [4.69, 9.17) is 4.74 Å². The number of carbonyl (C=O) groups excluding carboxylic acids is 3. The number of methoxy groups -OCH3 is 1. The standard InChI is InChI=1S/C9H16N2O5/c1-9(2,3)16-8(14)11(4)10-6(12)7(13)15-5/h1-5H3,(H,10,12). The van der Waals surface area contributed by atoms with E-state index in [0.29, 0.717) is 0 Å². The lowest BCUT2D eigenvalue weighted by molar-refractivity contribution is -0.154. The van der Waals surface area contributed by atoms with Gasteiger partial charge in [-0.05, 0) is 20.8 Å². The van der Waals surface area contributed by atoms with Crippen LogP contribution in [0.25, 0.3) is 0 Å². The first-order chi connectivity index (χ1) is 7.17. The predicted octanol–water partition coefficient (Wildman–Crippen LogP) is 0.0575. The summed E-state index contributed by atoms with van der Waals surface area (Å²) in [5.41, 5.74) is 1.32. The van der Waals surface area contributed by atoms with Gasteiger partial charge in [-0.1, -0.05) is 0 Å². The molecule has 0 aliphatic heterocycles. The maximum absolute atomic E-state index is 11.3. The molecule has 0 aliphatic rings. The lowest BCUT2D eigenvalue weighted by atomic mass is 10.2. The van der Waals surface area contributed by atoms with Crippen molar-refractivity contribution in [1.29, 1.82) is 0 Å². The van der Waals surface area contributed by atoms with E-state index in [1.807, 2.05) is 5.43 Å². The Labute approximate surface area is 93.7 Å². The van der Waals surface area contributed by atoms with Gasteiger partial charge in [0.15, 0.2) is 0 Å². The normalized spacial score (nSPS) is 10.3. The van der Waals surface area contributed by atoms with Crippen LogP contribution >= 0.6 is 0 Å². The minimum absolute atomic E-state index is 0.679. The van der Waals surface area contributed by atoms with E-state index in [0.717, 1.165) is 12.1 Å². The Hall–Kier alpha value is -1.79. The number of carbonyl (C=O) groups is 3. The van der Waals surface area contributed by atoms with Crippen LogP contribution < -0.4 is 5.43 Å². The highest BCUT2D eigenvalue weighted by molar-refractivity contribution is 6.32. The third kappa shape index (κ3) is 5.18. The van der Waals surface area contributed by atoms with Crippen LogP contribution in [0.4, 0.5) is 4.79 Å². The van der Waals surface area contributed by atoms with Gasteiger partial charge in [0.1, 0.15) is 5.60 Å². The van der Waals surface area contributed by atoms with Crippen LogP contribution in [0.15, 0.2) is 0 Å². The first-order valence-electron chi connectivity index (χ1n) is 4.53. The zero-order valence-electron chi connectivity index (χ0n) is 9.99. The lowest BCUT2D eigenvalue weighted by Gasteiger charge is -2.24. The Bertz CT molecular complexity index is 295. The van der Waals surface area contributed by atoms with E-state index in [1.165, 1.54) is 7.05 Å². The molecule has 92 valence electrons. The van der Waals surface area contributed by atoms with Crippen LogP contribution in [0.3, 0.4) is 0 Å². The van der Waals surface area contributed by atoms with Gasteiger partial charge >= 0.3 is 18.0 Å². The second kappa shape index (κ2) is 5.34. The first kappa shape index (κ1) is 14.2. The summed E-state index contributed by atoms with van der Waals surface area (Å²) in [5, 5.41) is 0.768. The van der Waals surface area contributed by atoms with Gasteiger partial charge in [-0.2, -0.15) is 0 Å². The zero-order valence-corrected chi connectivity index (χ0v) is 9.99. The van der Waals surface area contributed by atoms with Crippen molar-refractivity contribution in [2.45, 2.75) is 26.4 Å². The number of hydrogen-bond acceptors (Lipinski definition) is 5. The summed E-state index contributed by atoms with van der Waals surface area (Å²) in [6, 6.07) is 0. The molecular weight excluding hydrogens is 216 g/mol. The second-order valence-electron chi connectivity index (χ2n) is 3.97. The van der Waals surface area contributed by atoms with E-state index >= 15 is 0 Å². The molecule has 7 nitrogen and oxygen atoms in total. The number of rotatable bonds is 0. The highest BCUT2D eigenvalue weighted by Gasteiger charge is 2.23. The van der Waals surface area contributed by atoms with E-state index in [-0.39, 0.29) is 0 Å². The summed E-state index contributed by atoms with van der Waals surface area (Å²) in [6.45, 7) is 5.04. The molecule has 0 unspecified atom stereocenters. The molecule has 0 aliphatic carbocycles. The first-order valence-corrected chi connectivity index (χ1v) is 4.53. The summed E-state index contributed by atoms with van der Waals surface area (Å²) in [6.07, 6.45) is -0.773. The van der Waals surface area contributed by atoms with Crippen LogP contribution in [-0.4, -0.2) is 42.7 Å². The van der Waals surface area contributed by atoms with Crippen LogP contribution in [0.5, 0.6) is 0 Å². The Balaban J connectivity index is 4.26. The van der Waals surface area contributed by atoms with Gasteiger partial charge in [-0.25, -0.2) is 14.6 Å². The van der Waals surface area contributed by atoms with Gasteiger partial charge in [-0.15, -0.1) is 0 Å². The molecule has 1 N–H and O–H groups in total. The van der Waals surface area contributed by atoms with Gasteiger partial charge in [0.25, 0.3) is 0 Å². The monoisotopic (exact) mass is 232 g/mol. The Morgan fingerprint density at radius 2 is 1.69 bits per heavy atom. The van der Waals surface area contributed by atoms with Crippen LogP contribution in [0, 0.1) is 0 Å². The molecule has 0 fully saturated rings. The summed E-state index contributed by atoms with van der Waals surface area (Å²) in [5.74, 6) is -2.13. The molecule has 0 saturated carbocycles. The van der Waals surface area contributed by atoms with Crippen molar-refractivity contribution in [1.82, 2.24) is 10.4 Å². The predicted molar refractivity (Wildman–Crippen MR) is 54.2 cm³/mol. The van der Waals surface area contributed by atoms with Gasteiger partial charge < -0.3 is 9.47 Å². The lowest BCUT2D eigenvalue weighted by Crippen LogP contribution is -2.48. The Morgan fingerprint density at radius 3 is 2.06 bits per heavy atom. The van der Waals surface area contributed by atoms with Crippen LogP contribution in [0.2, 0.25) is 0 Å². The highest BCUT2D eigenvalue weighted by atomic mass is 16.6. The number of esters is 1. The van der Waals surface area contributed by atoms with Crippen molar-refractivity contribution in [3.63, 3.8) is 0 Å². The summed E-state index contributed by atoms with van der Waals surface area (Å²) in [7, 11) is 2.32. The number of nitrogens with one attached hydrogen (secondary N) is 1. The molecular formula is C9H16N2O5. The number of hydrazine groups is 1. The fourth-order valence-electron chi connectivity index (χ4n) is 0.667. The van der Waals surface area contributed by atoms with Crippen molar-refractivity contribution in [2.24, 2.45) is 0 Å². The molecule has 2 amide bonds. The third-order valence-corrected chi connectivity index (χ3v) is 1.31. The van der Waals surface area contributed by atoms with Crippen molar-refractivity contribution >= 4 is 18.0 Å². The van der Waals surface area contributed by atoms with Gasteiger partial charge in [-0.3, -0.25) is 10.2 Å². The maximum Gasteiger partial charge on any atom is 0.428 e. The molecule has 0 saturated heterocycles. The van der Waals surface area contributed by atoms with Crippen LogP contribution in [0.1, 0.15) is 20.8 Å². The number of amides is 2. The molecule has 0 spiro atoms. The quantitative estimate of drug-likeness (QED) is 0.362. The average molecular weight is 232 g/mol. The van der Waals surface area contributed by atoms with Crippen molar-refractivity contribution < 1.29 is 23.9 Å². The number of hydrogen-bond donors (Lipinski definition) is 1. The fraction of sp³-hybridized carbons (Fsp3) is 0.667. The van der Waals surface area contributed by atoms with Crippen molar-refractivity contribution in [3.8, 4) is 0 Å². The number of ether oxygens (including phenoxy) is 2. The van der Waals surface area contributed by atoms with E-state index in [9.17, 15) is 14.4 Å². The molecule has 0 aromatic carbocycles. The third-order valence-electron chi connectivity index (χ3n) is 1.31. The van der Waals surface area contributed by atoms with Gasteiger partial charge in [0, 0.05) is 7.05 Å². The van der Waals surface area contributed by atoms with E-state index in [2.05, 4.69) is 4.74 Å². The molecule has 0 rings (SSSR count). The Morgan fingerprint density at radius 1 is 1.19 bits per heavy atom. The topological polar surface area (TPSA) is 84.9 Å². The Kier molecular flexibility index (Phi) is 4.74. The molecule has 0 aromatic heterocycles. The van der Waals surface area contributed by atoms with Crippen molar-refractivity contribution in [3.05, 3.63) is 0 Å². The van der Waals surface area contributed by atoms with E-state index in [1.54, 1.807) is 20.8 Å². The smallest absolute Gasteiger partial charge is 0.428 e. The molecule has 0 radical (unpaired) electrons. The van der Waals surface area contributed by atoms with Crippen molar-refractivity contribution in [2.75, 3.05) is 14.2 Å².